The maximum atomic E-state index is 11.3. The summed E-state index contributed by atoms with van der Waals surface area (Å²) in [6.07, 6.45) is 5.50. The van der Waals surface area contributed by atoms with Crippen LogP contribution in [0.2, 0.25) is 0 Å². The predicted octanol–water partition coefficient (Wildman–Crippen LogP) is 0.908. The minimum absolute atomic E-state index is 0.0249. The van der Waals surface area contributed by atoms with Crippen molar-refractivity contribution < 1.29 is 9.90 Å². The number of hydrogen-bond acceptors (Lipinski definition) is 3. The monoisotopic (exact) mass is 235 g/mol. The third-order valence-corrected chi connectivity index (χ3v) is 4.40. The van der Waals surface area contributed by atoms with Gasteiger partial charge in [0.2, 0.25) is 0 Å². The van der Waals surface area contributed by atoms with Gasteiger partial charge in [0.25, 0.3) is 5.91 Å². The molecule has 1 amide bonds. The SMILES string of the molecule is N=C1C(C(N)=O)=C(O)[C@H]2C[C@@H]3CCCC[C@H]3N12. The van der Waals surface area contributed by atoms with E-state index in [1.807, 2.05) is 4.90 Å². The second-order valence-electron chi connectivity index (χ2n) is 5.24. The molecule has 2 heterocycles. The van der Waals surface area contributed by atoms with Gasteiger partial charge in [0.05, 0.1) is 6.04 Å². The van der Waals surface area contributed by atoms with Gasteiger partial charge >= 0.3 is 0 Å². The number of fused-ring (bicyclic) bond motifs is 3. The number of primary amides is 1. The molecule has 3 aliphatic rings. The number of rotatable bonds is 1. The molecule has 3 atom stereocenters. The van der Waals surface area contributed by atoms with Crippen LogP contribution in [0.5, 0.6) is 0 Å². The summed E-state index contributed by atoms with van der Waals surface area (Å²) in [6.45, 7) is 0. The molecule has 0 aromatic heterocycles. The number of nitrogens with two attached hydrogens (primary N) is 1. The van der Waals surface area contributed by atoms with Crippen LogP contribution in [0.1, 0.15) is 32.1 Å². The number of carbonyl (C=O) groups is 1. The smallest absolute Gasteiger partial charge is 0.255 e. The van der Waals surface area contributed by atoms with E-state index in [-0.39, 0.29) is 23.2 Å². The molecular formula is C12H17N3O2. The average molecular weight is 235 g/mol. The first-order valence-electron chi connectivity index (χ1n) is 6.21. The Hall–Kier alpha value is -1.52. The van der Waals surface area contributed by atoms with Gasteiger partial charge in [-0.05, 0) is 25.2 Å². The maximum absolute atomic E-state index is 11.3. The number of carbonyl (C=O) groups excluding carboxylic acids is 1. The van der Waals surface area contributed by atoms with Crippen LogP contribution < -0.4 is 5.73 Å². The molecule has 5 heteroatoms. The molecule has 0 radical (unpaired) electrons. The van der Waals surface area contributed by atoms with Crippen LogP contribution in [0.25, 0.3) is 0 Å². The number of aliphatic hydroxyl groups is 1. The van der Waals surface area contributed by atoms with Gasteiger partial charge in [-0.2, -0.15) is 0 Å². The number of hydrogen-bond donors (Lipinski definition) is 3. The van der Waals surface area contributed by atoms with Crippen molar-refractivity contribution in [1.29, 1.82) is 5.41 Å². The highest BCUT2D eigenvalue weighted by Gasteiger charge is 2.51. The van der Waals surface area contributed by atoms with Crippen molar-refractivity contribution in [2.75, 3.05) is 0 Å². The van der Waals surface area contributed by atoms with Crippen molar-refractivity contribution in [3.05, 3.63) is 11.3 Å². The Morgan fingerprint density at radius 3 is 2.82 bits per heavy atom. The van der Waals surface area contributed by atoms with Crippen molar-refractivity contribution in [3.8, 4) is 0 Å². The van der Waals surface area contributed by atoms with E-state index >= 15 is 0 Å². The molecule has 0 bridgehead atoms. The number of nitrogens with one attached hydrogen (secondary N) is 1. The van der Waals surface area contributed by atoms with E-state index in [0.717, 1.165) is 12.8 Å². The van der Waals surface area contributed by atoms with Gasteiger partial charge in [0.1, 0.15) is 17.2 Å². The van der Waals surface area contributed by atoms with Gasteiger partial charge in [0, 0.05) is 6.04 Å². The largest absolute Gasteiger partial charge is 0.509 e. The Bertz CT molecular complexity index is 429. The first-order chi connectivity index (χ1) is 8.11. The molecule has 2 fully saturated rings. The molecule has 0 aromatic carbocycles. The first-order valence-corrected chi connectivity index (χ1v) is 6.21. The van der Waals surface area contributed by atoms with Gasteiger partial charge in [-0.15, -0.1) is 0 Å². The fourth-order valence-electron chi connectivity index (χ4n) is 3.69. The highest BCUT2D eigenvalue weighted by atomic mass is 16.3. The van der Waals surface area contributed by atoms with Crippen LogP contribution in [-0.4, -0.2) is 33.8 Å². The molecule has 4 N–H and O–H groups in total. The quantitative estimate of drug-likeness (QED) is 0.631. The van der Waals surface area contributed by atoms with Crippen LogP contribution in [0, 0.1) is 11.3 Å². The Balaban J connectivity index is 1.96. The summed E-state index contributed by atoms with van der Waals surface area (Å²) in [5.74, 6) is 0.0336. The molecule has 1 saturated heterocycles. The third-order valence-electron chi connectivity index (χ3n) is 4.40. The van der Waals surface area contributed by atoms with Crippen LogP contribution in [0.3, 0.4) is 0 Å². The Morgan fingerprint density at radius 2 is 2.12 bits per heavy atom. The number of aliphatic hydroxyl groups excluding tert-OH is 1. The zero-order valence-electron chi connectivity index (χ0n) is 9.65. The predicted molar refractivity (Wildman–Crippen MR) is 62.6 cm³/mol. The molecule has 0 spiro atoms. The van der Waals surface area contributed by atoms with Gasteiger partial charge in [-0.1, -0.05) is 12.8 Å². The summed E-state index contributed by atoms with van der Waals surface area (Å²) >= 11 is 0. The number of nitrogens with zero attached hydrogens (tertiary/aromatic N) is 1. The zero-order valence-corrected chi connectivity index (χ0v) is 9.65. The van der Waals surface area contributed by atoms with Crippen LogP contribution in [-0.2, 0) is 4.79 Å². The van der Waals surface area contributed by atoms with Gasteiger partial charge < -0.3 is 15.7 Å². The highest BCUT2D eigenvalue weighted by Crippen LogP contribution is 2.45. The number of amides is 1. The summed E-state index contributed by atoms with van der Waals surface area (Å²) in [4.78, 5) is 13.2. The maximum Gasteiger partial charge on any atom is 0.255 e. The van der Waals surface area contributed by atoms with Crippen molar-refractivity contribution in [1.82, 2.24) is 4.90 Å². The van der Waals surface area contributed by atoms with E-state index in [0.29, 0.717) is 12.0 Å². The van der Waals surface area contributed by atoms with Crippen molar-refractivity contribution >= 4 is 11.7 Å². The van der Waals surface area contributed by atoms with Crippen molar-refractivity contribution in [2.24, 2.45) is 11.7 Å². The molecular weight excluding hydrogens is 218 g/mol. The van der Waals surface area contributed by atoms with Gasteiger partial charge in [0.15, 0.2) is 0 Å². The van der Waals surface area contributed by atoms with E-state index in [4.69, 9.17) is 11.1 Å². The second-order valence-corrected chi connectivity index (χ2v) is 5.24. The van der Waals surface area contributed by atoms with E-state index < -0.39 is 5.91 Å². The standard InChI is InChI=1S/C12H17N3O2/c13-11-9(12(14)17)10(16)8-5-6-3-1-2-4-7(6)15(8)11/h6-8,13,16H,1-5H2,(H2,14,17)/t6-,7+,8+/m0/s1. The summed E-state index contributed by atoms with van der Waals surface area (Å²) in [5.41, 5.74) is 5.25. The molecule has 1 saturated carbocycles. The minimum Gasteiger partial charge on any atom is -0.509 e. The molecule has 3 rings (SSSR count). The van der Waals surface area contributed by atoms with E-state index in [9.17, 15) is 9.90 Å². The van der Waals surface area contributed by atoms with Gasteiger partial charge in [-0.3, -0.25) is 10.2 Å². The number of amidine groups is 1. The lowest BCUT2D eigenvalue weighted by Crippen LogP contribution is -2.40. The van der Waals surface area contributed by atoms with Crippen molar-refractivity contribution in [3.63, 3.8) is 0 Å². The Morgan fingerprint density at radius 1 is 1.41 bits per heavy atom. The average Bonchev–Trinajstić information content (AvgIpc) is 2.76. The molecule has 92 valence electrons. The fourth-order valence-corrected chi connectivity index (χ4v) is 3.69. The molecule has 0 aromatic rings. The van der Waals surface area contributed by atoms with E-state index in [2.05, 4.69) is 0 Å². The van der Waals surface area contributed by atoms with E-state index in [1.54, 1.807) is 0 Å². The van der Waals surface area contributed by atoms with Gasteiger partial charge in [-0.25, -0.2) is 0 Å². The van der Waals surface area contributed by atoms with Crippen LogP contribution >= 0.6 is 0 Å². The molecule has 5 nitrogen and oxygen atoms in total. The molecule has 1 aliphatic carbocycles. The molecule has 2 aliphatic heterocycles. The minimum atomic E-state index is -0.686. The van der Waals surface area contributed by atoms with Crippen molar-refractivity contribution in [2.45, 2.75) is 44.2 Å². The lowest BCUT2D eigenvalue weighted by Gasteiger charge is -2.32. The topological polar surface area (TPSA) is 90.4 Å². The lowest BCUT2D eigenvalue weighted by molar-refractivity contribution is -0.114. The summed E-state index contributed by atoms with van der Waals surface area (Å²) in [6, 6.07) is 0.151. The summed E-state index contributed by atoms with van der Waals surface area (Å²) in [5, 5.41) is 18.1. The normalized spacial score (nSPS) is 36.1. The summed E-state index contributed by atoms with van der Waals surface area (Å²) < 4.78 is 0. The highest BCUT2D eigenvalue weighted by molar-refractivity contribution is 6.21. The van der Waals surface area contributed by atoms with E-state index in [1.165, 1.54) is 19.3 Å². The molecule has 0 unspecified atom stereocenters. The van der Waals surface area contributed by atoms with Crippen LogP contribution in [0.15, 0.2) is 11.3 Å². The molecule has 17 heavy (non-hydrogen) atoms. The lowest BCUT2D eigenvalue weighted by atomic mass is 9.84. The Labute approximate surface area is 99.8 Å². The first kappa shape index (κ1) is 10.6. The zero-order chi connectivity index (χ0) is 12.2. The Kier molecular flexibility index (Phi) is 2.18. The second kappa shape index (κ2) is 3.48. The summed E-state index contributed by atoms with van der Waals surface area (Å²) in [7, 11) is 0. The fraction of sp³-hybridized carbons (Fsp3) is 0.667. The third kappa shape index (κ3) is 1.31. The van der Waals surface area contributed by atoms with Crippen LogP contribution in [0.4, 0.5) is 0 Å².